The monoisotopic (exact) mass is 251 g/mol. The molecule has 1 atom stereocenters. The van der Waals surface area contributed by atoms with Crippen LogP contribution in [-0.2, 0) is 0 Å². The summed E-state index contributed by atoms with van der Waals surface area (Å²) in [5.74, 6) is 1.05. The molecule has 18 heavy (non-hydrogen) atoms. The molecular weight excluding hydrogens is 222 g/mol. The quantitative estimate of drug-likeness (QED) is 0.593. The maximum absolute atomic E-state index is 5.38. The van der Waals surface area contributed by atoms with E-state index in [2.05, 4.69) is 18.3 Å². The van der Waals surface area contributed by atoms with Gasteiger partial charge in [-0.25, -0.2) is 0 Å². The first-order valence-electron chi connectivity index (χ1n) is 7.50. The first-order valence-corrected chi connectivity index (χ1v) is 7.50. The Bertz CT molecular complexity index is 306. The van der Waals surface area contributed by atoms with Gasteiger partial charge in [-0.3, -0.25) is 0 Å². The van der Waals surface area contributed by atoms with Gasteiger partial charge in [0.1, 0.15) is 5.76 Å². The second-order valence-corrected chi connectivity index (χ2v) is 5.18. The van der Waals surface area contributed by atoms with Crippen LogP contribution in [0.1, 0.15) is 75.7 Å². The van der Waals surface area contributed by atoms with Gasteiger partial charge in [0.2, 0.25) is 0 Å². The number of nitrogens with one attached hydrogen (secondary N) is 1. The summed E-state index contributed by atoms with van der Waals surface area (Å²) in [4.78, 5) is 0. The largest absolute Gasteiger partial charge is 0.469 e. The zero-order chi connectivity index (χ0) is 13.2. The molecule has 0 aliphatic carbocycles. The van der Waals surface area contributed by atoms with Gasteiger partial charge in [-0.15, -0.1) is 0 Å². The summed E-state index contributed by atoms with van der Waals surface area (Å²) in [6, 6.07) is 2.55. The summed E-state index contributed by atoms with van der Waals surface area (Å²) in [5, 5.41) is 3.40. The average Bonchev–Trinajstić information content (AvgIpc) is 2.79. The van der Waals surface area contributed by atoms with Gasteiger partial charge in [0.25, 0.3) is 0 Å². The fourth-order valence-electron chi connectivity index (χ4n) is 2.52. The van der Waals surface area contributed by atoms with Gasteiger partial charge in [0.15, 0.2) is 0 Å². The lowest BCUT2D eigenvalue weighted by Crippen LogP contribution is -2.16. The predicted octanol–water partition coefficient (Wildman–Crippen LogP) is 4.99. The Morgan fingerprint density at radius 1 is 1.11 bits per heavy atom. The molecule has 1 aromatic rings. The molecule has 0 saturated carbocycles. The van der Waals surface area contributed by atoms with Crippen molar-refractivity contribution >= 4 is 0 Å². The highest BCUT2D eigenvalue weighted by molar-refractivity contribution is 5.19. The summed E-state index contributed by atoms with van der Waals surface area (Å²) in [7, 11) is 2.04. The average molecular weight is 251 g/mol. The van der Waals surface area contributed by atoms with Crippen LogP contribution in [0.3, 0.4) is 0 Å². The van der Waals surface area contributed by atoms with E-state index >= 15 is 0 Å². The Balaban J connectivity index is 2.15. The molecule has 0 amide bonds. The Hall–Kier alpha value is -0.760. The summed E-state index contributed by atoms with van der Waals surface area (Å²) < 4.78 is 5.38. The molecule has 1 N–H and O–H groups in total. The molecular formula is C16H29NO. The van der Waals surface area contributed by atoms with Crippen LogP contribution in [0.25, 0.3) is 0 Å². The van der Waals surface area contributed by atoms with Crippen LogP contribution in [0.4, 0.5) is 0 Å². The van der Waals surface area contributed by atoms with Gasteiger partial charge in [0.05, 0.1) is 6.26 Å². The van der Waals surface area contributed by atoms with Gasteiger partial charge >= 0.3 is 0 Å². The second kappa shape index (κ2) is 9.21. The van der Waals surface area contributed by atoms with Crippen LogP contribution >= 0.6 is 0 Å². The molecule has 0 aliphatic rings. The SMILES string of the molecule is CCCCCCCCCC(NC)c1ccoc1C. The van der Waals surface area contributed by atoms with Crippen molar-refractivity contribution in [3.8, 4) is 0 Å². The van der Waals surface area contributed by atoms with Crippen molar-refractivity contribution in [3.05, 3.63) is 23.7 Å². The van der Waals surface area contributed by atoms with Gasteiger partial charge in [-0.2, -0.15) is 0 Å². The van der Waals surface area contributed by atoms with Crippen molar-refractivity contribution in [2.24, 2.45) is 0 Å². The minimum absolute atomic E-state index is 0.458. The van der Waals surface area contributed by atoms with Gasteiger partial charge < -0.3 is 9.73 Å². The van der Waals surface area contributed by atoms with Crippen molar-refractivity contribution in [3.63, 3.8) is 0 Å². The molecule has 0 bridgehead atoms. The molecule has 2 nitrogen and oxygen atoms in total. The molecule has 1 aromatic heterocycles. The molecule has 0 radical (unpaired) electrons. The zero-order valence-corrected chi connectivity index (χ0v) is 12.3. The van der Waals surface area contributed by atoms with Crippen molar-refractivity contribution < 1.29 is 4.42 Å². The van der Waals surface area contributed by atoms with Crippen LogP contribution in [-0.4, -0.2) is 7.05 Å². The lowest BCUT2D eigenvalue weighted by Gasteiger charge is -2.15. The molecule has 104 valence electrons. The van der Waals surface area contributed by atoms with E-state index in [-0.39, 0.29) is 0 Å². The van der Waals surface area contributed by atoms with E-state index in [0.29, 0.717) is 6.04 Å². The summed E-state index contributed by atoms with van der Waals surface area (Å²) >= 11 is 0. The molecule has 0 fully saturated rings. The summed E-state index contributed by atoms with van der Waals surface area (Å²) in [6.45, 7) is 4.31. The van der Waals surface area contributed by atoms with E-state index in [0.717, 1.165) is 5.76 Å². The highest BCUT2D eigenvalue weighted by Crippen LogP contribution is 2.23. The standard InChI is InChI=1S/C16H29NO/c1-4-5-6-7-8-9-10-11-16(17-3)15-12-13-18-14(15)2/h12-13,16-17H,4-11H2,1-3H3. The van der Waals surface area contributed by atoms with Crippen molar-refractivity contribution in [2.75, 3.05) is 7.05 Å². The zero-order valence-electron chi connectivity index (χ0n) is 12.3. The van der Waals surface area contributed by atoms with E-state index in [1.165, 1.54) is 56.9 Å². The Morgan fingerprint density at radius 3 is 2.33 bits per heavy atom. The number of unbranched alkanes of at least 4 members (excludes halogenated alkanes) is 6. The maximum Gasteiger partial charge on any atom is 0.105 e. The number of hydrogen-bond acceptors (Lipinski definition) is 2. The van der Waals surface area contributed by atoms with Crippen LogP contribution in [0.15, 0.2) is 16.7 Å². The normalized spacial score (nSPS) is 12.8. The van der Waals surface area contributed by atoms with Crippen LogP contribution in [0.2, 0.25) is 0 Å². The Labute approximate surface area is 112 Å². The van der Waals surface area contributed by atoms with E-state index in [9.17, 15) is 0 Å². The molecule has 1 unspecified atom stereocenters. The number of furan rings is 1. The van der Waals surface area contributed by atoms with Crippen molar-refractivity contribution in [2.45, 2.75) is 71.3 Å². The molecule has 2 heteroatoms. The van der Waals surface area contributed by atoms with Crippen LogP contribution in [0.5, 0.6) is 0 Å². The van der Waals surface area contributed by atoms with Crippen LogP contribution in [0, 0.1) is 6.92 Å². The third-order valence-corrected chi connectivity index (χ3v) is 3.72. The van der Waals surface area contributed by atoms with Crippen LogP contribution < -0.4 is 5.32 Å². The molecule has 1 rings (SSSR count). The molecule has 1 heterocycles. The minimum atomic E-state index is 0.458. The first kappa shape index (κ1) is 15.3. The molecule has 0 spiro atoms. The fraction of sp³-hybridized carbons (Fsp3) is 0.750. The van der Waals surface area contributed by atoms with E-state index in [1.54, 1.807) is 6.26 Å². The number of rotatable bonds is 10. The molecule has 0 aromatic carbocycles. The summed E-state index contributed by atoms with van der Waals surface area (Å²) in [6.07, 6.45) is 12.6. The maximum atomic E-state index is 5.38. The molecule has 0 aliphatic heterocycles. The fourth-order valence-corrected chi connectivity index (χ4v) is 2.52. The van der Waals surface area contributed by atoms with Gasteiger partial charge in [-0.1, -0.05) is 51.9 Å². The lowest BCUT2D eigenvalue weighted by atomic mass is 10.00. The van der Waals surface area contributed by atoms with E-state index in [4.69, 9.17) is 4.42 Å². The minimum Gasteiger partial charge on any atom is -0.469 e. The highest BCUT2D eigenvalue weighted by Gasteiger charge is 2.12. The summed E-state index contributed by atoms with van der Waals surface area (Å²) in [5.41, 5.74) is 1.32. The smallest absolute Gasteiger partial charge is 0.105 e. The topological polar surface area (TPSA) is 25.2 Å². The number of aryl methyl sites for hydroxylation is 1. The number of hydrogen-bond donors (Lipinski definition) is 1. The van der Waals surface area contributed by atoms with Gasteiger partial charge in [0, 0.05) is 11.6 Å². The first-order chi connectivity index (χ1) is 8.79. The Morgan fingerprint density at radius 2 is 1.78 bits per heavy atom. The second-order valence-electron chi connectivity index (χ2n) is 5.18. The van der Waals surface area contributed by atoms with Gasteiger partial charge in [-0.05, 0) is 26.5 Å². The molecule has 0 saturated heterocycles. The van der Waals surface area contributed by atoms with Crippen molar-refractivity contribution in [1.82, 2.24) is 5.32 Å². The predicted molar refractivity (Wildman–Crippen MR) is 77.9 cm³/mol. The van der Waals surface area contributed by atoms with E-state index in [1.807, 2.05) is 14.0 Å². The van der Waals surface area contributed by atoms with E-state index < -0.39 is 0 Å². The lowest BCUT2D eigenvalue weighted by molar-refractivity contribution is 0.477. The third kappa shape index (κ3) is 5.26. The third-order valence-electron chi connectivity index (χ3n) is 3.72. The Kier molecular flexibility index (Phi) is 7.83. The highest BCUT2D eigenvalue weighted by atomic mass is 16.3. The van der Waals surface area contributed by atoms with Crippen molar-refractivity contribution in [1.29, 1.82) is 0 Å².